The highest BCUT2D eigenvalue weighted by atomic mass is 16.2. The zero-order chi connectivity index (χ0) is 11.3. The second-order valence-corrected chi connectivity index (χ2v) is 4.69. The van der Waals surface area contributed by atoms with Crippen LogP contribution in [0.3, 0.4) is 0 Å². The minimum atomic E-state index is 0.352. The predicted octanol–water partition coefficient (Wildman–Crippen LogP) is 1.49. The van der Waals surface area contributed by atoms with Crippen molar-refractivity contribution in [3.63, 3.8) is 0 Å². The Morgan fingerprint density at radius 1 is 1.53 bits per heavy atom. The molecule has 0 aromatic rings. The van der Waals surface area contributed by atoms with Gasteiger partial charge in [0.15, 0.2) is 0 Å². The van der Waals surface area contributed by atoms with Crippen LogP contribution in [0.2, 0.25) is 0 Å². The number of likely N-dealkylation sites (tertiary alicyclic amines) is 1. The van der Waals surface area contributed by atoms with Crippen LogP contribution in [-0.2, 0) is 4.79 Å². The van der Waals surface area contributed by atoms with Gasteiger partial charge in [-0.25, -0.2) is 0 Å². The average molecular weight is 212 g/mol. The molecule has 0 radical (unpaired) electrons. The maximum absolute atomic E-state index is 11.7. The normalized spacial score (nSPS) is 23.5. The molecule has 1 fully saturated rings. The van der Waals surface area contributed by atoms with Crippen molar-refractivity contribution in [2.45, 2.75) is 33.6 Å². The second-order valence-electron chi connectivity index (χ2n) is 4.69. The molecule has 0 bridgehead atoms. The summed E-state index contributed by atoms with van der Waals surface area (Å²) in [5.74, 6) is 1.51. The highest BCUT2D eigenvalue weighted by molar-refractivity contribution is 5.78. The zero-order valence-electron chi connectivity index (χ0n) is 10.3. The van der Waals surface area contributed by atoms with E-state index in [9.17, 15) is 4.79 Å². The maximum atomic E-state index is 11.7. The summed E-state index contributed by atoms with van der Waals surface area (Å²) in [5.41, 5.74) is 0. The van der Waals surface area contributed by atoms with Gasteiger partial charge >= 0.3 is 0 Å². The van der Waals surface area contributed by atoms with Crippen LogP contribution in [-0.4, -0.2) is 37.0 Å². The molecule has 1 aliphatic rings. The number of rotatable bonds is 6. The van der Waals surface area contributed by atoms with E-state index >= 15 is 0 Å². The molecule has 1 heterocycles. The van der Waals surface area contributed by atoms with Crippen LogP contribution >= 0.6 is 0 Å². The van der Waals surface area contributed by atoms with Gasteiger partial charge in [-0.1, -0.05) is 27.2 Å². The van der Waals surface area contributed by atoms with E-state index in [0.29, 0.717) is 17.7 Å². The largest absolute Gasteiger partial charge is 0.342 e. The Labute approximate surface area is 93.2 Å². The van der Waals surface area contributed by atoms with E-state index in [4.69, 9.17) is 0 Å². The van der Waals surface area contributed by atoms with E-state index in [-0.39, 0.29) is 0 Å². The third kappa shape index (κ3) is 3.82. The molecule has 1 saturated heterocycles. The van der Waals surface area contributed by atoms with Gasteiger partial charge in [0.2, 0.25) is 5.91 Å². The summed E-state index contributed by atoms with van der Waals surface area (Å²) in [5, 5.41) is 3.32. The topological polar surface area (TPSA) is 32.3 Å². The first kappa shape index (κ1) is 12.5. The van der Waals surface area contributed by atoms with Gasteiger partial charge in [0, 0.05) is 19.5 Å². The lowest BCUT2D eigenvalue weighted by Gasteiger charge is -2.21. The second kappa shape index (κ2) is 6.11. The quantitative estimate of drug-likeness (QED) is 0.723. The summed E-state index contributed by atoms with van der Waals surface area (Å²) in [6.07, 6.45) is 1.90. The van der Waals surface area contributed by atoms with Gasteiger partial charge < -0.3 is 10.2 Å². The summed E-state index contributed by atoms with van der Waals surface area (Å²) < 4.78 is 0. The summed E-state index contributed by atoms with van der Waals surface area (Å²) in [6, 6.07) is 0. The van der Waals surface area contributed by atoms with E-state index in [2.05, 4.69) is 26.1 Å². The molecule has 88 valence electrons. The maximum Gasteiger partial charge on any atom is 0.222 e. The van der Waals surface area contributed by atoms with Crippen LogP contribution in [0, 0.1) is 11.8 Å². The molecule has 1 aliphatic heterocycles. The predicted molar refractivity (Wildman–Crippen MR) is 62.7 cm³/mol. The van der Waals surface area contributed by atoms with E-state index < -0.39 is 0 Å². The lowest BCUT2D eigenvalue weighted by atomic mass is 10.1. The molecule has 0 spiro atoms. The molecule has 0 saturated carbocycles. The Kier molecular flexibility index (Phi) is 5.09. The van der Waals surface area contributed by atoms with Crippen molar-refractivity contribution in [1.29, 1.82) is 0 Å². The van der Waals surface area contributed by atoms with Gasteiger partial charge in [0.1, 0.15) is 0 Å². The first-order valence-corrected chi connectivity index (χ1v) is 6.15. The number of amides is 1. The molecule has 1 rings (SSSR count). The molecule has 2 unspecified atom stereocenters. The smallest absolute Gasteiger partial charge is 0.222 e. The number of carbonyl (C=O) groups is 1. The standard InChI is InChI=1S/C12H24N2O/c1-4-11-6-12(15)14(9-11)8-10(3)7-13-5-2/h10-11,13H,4-9H2,1-3H3. The van der Waals surface area contributed by atoms with E-state index in [1.165, 1.54) is 0 Å². The Morgan fingerprint density at radius 3 is 2.80 bits per heavy atom. The van der Waals surface area contributed by atoms with E-state index in [1.807, 2.05) is 4.90 Å². The Morgan fingerprint density at radius 2 is 2.27 bits per heavy atom. The third-order valence-corrected chi connectivity index (χ3v) is 3.15. The molecule has 0 aliphatic carbocycles. The molecule has 15 heavy (non-hydrogen) atoms. The lowest BCUT2D eigenvalue weighted by Crippen LogP contribution is -2.34. The molecule has 3 nitrogen and oxygen atoms in total. The molecule has 0 aromatic carbocycles. The lowest BCUT2D eigenvalue weighted by molar-refractivity contribution is -0.128. The number of carbonyl (C=O) groups excluding carboxylic acids is 1. The SMILES string of the molecule is CCNCC(C)CN1CC(CC)CC1=O. The molecular formula is C12H24N2O. The van der Waals surface area contributed by atoms with Crippen LogP contribution in [0.1, 0.15) is 33.6 Å². The van der Waals surface area contributed by atoms with Crippen molar-refractivity contribution >= 4 is 5.91 Å². The summed E-state index contributed by atoms with van der Waals surface area (Å²) in [4.78, 5) is 13.7. The van der Waals surface area contributed by atoms with E-state index in [0.717, 1.165) is 39.0 Å². The molecule has 2 atom stereocenters. The Bertz CT molecular complexity index is 206. The number of hydrogen-bond donors (Lipinski definition) is 1. The van der Waals surface area contributed by atoms with Crippen molar-refractivity contribution in [3.05, 3.63) is 0 Å². The molecule has 1 amide bonds. The zero-order valence-corrected chi connectivity index (χ0v) is 10.3. The van der Waals surface area contributed by atoms with Crippen molar-refractivity contribution < 1.29 is 4.79 Å². The summed E-state index contributed by atoms with van der Waals surface area (Å²) >= 11 is 0. The highest BCUT2D eigenvalue weighted by Gasteiger charge is 2.28. The van der Waals surface area contributed by atoms with Crippen LogP contribution in [0.15, 0.2) is 0 Å². The average Bonchev–Trinajstić information content (AvgIpc) is 2.57. The van der Waals surface area contributed by atoms with Crippen molar-refractivity contribution in [2.24, 2.45) is 11.8 Å². The van der Waals surface area contributed by atoms with Gasteiger partial charge in [-0.3, -0.25) is 4.79 Å². The molecule has 0 aromatic heterocycles. The fourth-order valence-corrected chi connectivity index (χ4v) is 2.14. The first-order valence-electron chi connectivity index (χ1n) is 6.15. The fraction of sp³-hybridized carbons (Fsp3) is 0.917. The number of nitrogens with one attached hydrogen (secondary N) is 1. The highest BCUT2D eigenvalue weighted by Crippen LogP contribution is 2.21. The van der Waals surface area contributed by atoms with Crippen molar-refractivity contribution in [3.8, 4) is 0 Å². The minimum absolute atomic E-state index is 0.352. The van der Waals surface area contributed by atoms with Crippen LogP contribution in [0.5, 0.6) is 0 Å². The minimum Gasteiger partial charge on any atom is -0.342 e. The third-order valence-electron chi connectivity index (χ3n) is 3.15. The first-order chi connectivity index (χ1) is 7.17. The van der Waals surface area contributed by atoms with Gasteiger partial charge in [-0.15, -0.1) is 0 Å². The summed E-state index contributed by atoms with van der Waals surface area (Å²) in [7, 11) is 0. The monoisotopic (exact) mass is 212 g/mol. The van der Waals surface area contributed by atoms with Crippen LogP contribution in [0.4, 0.5) is 0 Å². The van der Waals surface area contributed by atoms with Gasteiger partial charge in [-0.2, -0.15) is 0 Å². The van der Waals surface area contributed by atoms with Crippen LogP contribution in [0.25, 0.3) is 0 Å². The number of nitrogens with zero attached hydrogens (tertiary/aromatic N) is 1. The van der Waals surface area contributed by atoms with Gasteiger partial charge in [0.25, 0.3) is 0 Å². The van der Waals surface area contributed by atoms with Gasteiger partial charge in [0.05, 0.1) is 0 Å². The fourth-order valence-electron chi connectivity index (χ4n) is 2.14. The van der Waals surface area contributed by atoms with Crippen molar-refractivity contribution in [1.82, 2.24) is 10.2 Å². The number of hydrogen-bond acceptors (Lipinski definition) is 2. The summed E-state index contributed by atoms with van der Waals surface area (Å²) in [6.45, 7) is 10.4. The van der Waals surface area contributed by atoms with Crippen LogP contribution < -0.4 is 5.32 Å². The molecule has 3 heteroatoms. The van der Waals surface area contributed by atoms with E-state index in [1.54, 1.807) is 0 Å². The molecule has 1 N–H and O–H groups in total. The van der Waals surface area contributed by atoms with Crippen molar-refractivity contribution in [2.75, 3.05) is 26.2 Å². The Balaban J connectivity index is 2.29. The Hall–Kier alpha value is -0.570. The molecular weight excluding hydrogens is 188 g/mol. The van der Waals surface area contributed by atoms with Gasteiger partial charge in [-0.05, 0) is 24.9 Å².